The number of rotatable bonds is 12. The number of halogens is 19. The molecule has 0 rings (SSSR count). The summed E-state index contributed by atoms with van der Waals surface area (Å²) in [7, 11) is 0. The van der Waals surface area contributed by atoms with Crippen LogP contribution in [0.5, 0.6) is 0 Å². The summed E-state index contributed by atoms with van der Waals surface area (Å²) in [6.45, 7) is -0.917. The molecule has 0 aromatic carbocycles. The van der Waals surface area contributed by atoms with Crippen molar-refractivity contribution in [2.24, 2.45) is 0 Å². The Balaban J connectivity index is 6.32. The number of alkyl halides is 19. The van der Waals surface area contributed by atoms with Crippen LogP contribution in [-0.2, 0) is 9.53 Å². The fourth-order valence-electron chi connectivity index (χ4n) is 2.12. The van der Waals surface area contributed by atoms with Gasteiger partial charge in [-0.25, -0.2) is 0 Å². The topological polar surface area (TPSA) is 26.3 Å². The third kappa shape index (κ3) is 5.38. The zero-order valence-corrected chi connectivity index (χ0v) is 16.8. The van der Waals surface area contributed by atoms with Crippen molar-refractivity contribution in [1.82, 2.24) is 0 Å². The molecule has 0 bridgehead atoms. The van der Waals surface area contributed by atoms with Crippen molar-refractivity contribution in [3.63, 3.8) is 0 Å². The third-order valence-corrected chi connectivity index (χ3v) is 4.33. The first-order valence-corrected chi connectivity index (χ1v) is 8.66. The Morgan fingerprint density at radius 2 is 0.861 bits per heavy atom. The van der Waals surface area contributed by atoms with E-state index in [0.717, 1.165) is 6.92 Å². The molecule has 0 heterocycles. The highest BCUT2D eigenvalue weighted by Crippen LogP contribution is 2.61. The minimum Gasteiger partial charge on any atom is -0.465 e. The lowest BCUT2D eigenvalue weighted by molar-refractivity contribution is -0.424. The van der Waals surface area contributed by atoms with Crippen molar-refractivity contribution < 1.29 is 92.9 Å². The second kappa shape index (κ2) is 9.46. The standard InChI is InChI=1S/C15H11F19O2/c1-2-6(35)36-4-3-7(16,17)10(22,23)13(28,29)11(24,25)8(18,19)5-9(20,21)12(26,27)14(30,31)15(32,33)34/h2-5H2,1H3. The molecule has 0 N–H and O–H groups in total. The van der Waals surface area contributed by atoms with Crippen LogP contribution in [-0.4, -0.2) is 66.1 Å². The van der Waals surface area contributed by atoms with Crippen LogP contribution in [0.1, 0.15) is 26.2 Å². The fraction of sp³-hybridized carbons (Fsp3) is 0.933. The molecule has 0 unspecified atom stereocenters. The lowest BCUT2D eigenvalue weighted by atomic mass is 9.88. The molecule has 36 heavy (non-hydrogen) atoms. The van der Waals surface area contributed by atoms with E-state index in [4.69, 9.17) is 0 Å². The first-order valence-electron chi connectivity index (χ1n) is 8.66. The van der Waals surface area contributed by atoms with Crippen LogP contribution in [0.15, 0.2) is 0 Å². The Labute approximate surface area is 186 Å². The molecule has 0 saturated carbocycles. The van der Waals surface area contributed by atoms with Crippen molar-refractivity contribution in [1.29, 1.82) is 0 Å². The van der Waals surface area contributed by atoms with E-state index in [1.54, 1.807) is 0 Å². The van der Waals surface area contributed by atoms with Crippen molar-refractivity contribution in [2.45, 2.75) is 79.7 Å². The molecule has 0 aliphatic heterocycles. The molecule has 0 saturated heterocycles. The predicted octanol–water partition coefficient (Wildman–Crippen LogP) is 7.36. The average molecular weight is 584 g/mol. The van der Waals surface area contributed by atoms with E-state index >= 15 is 0 Å². The van der Waals surface area contributed by atoms with Crippen molar-refractivity contribution in [3.8, 4) is 0 Å². The number of ether oxygens (including phenoxy) is 1. The van der Waals surface area contributed by atoms with Gasteiger partial charge in [-0.05, 0) is 0 Å². The molecular formula is C15H11F19O2. The molecule has 0 aromatic rings. The minimum atomic E-state index is -8.19. The number of hydrogen-bond acceptors (Lipinski definition) is 2. The molecule has 2 nitrogen and oxygen atoms in total. The van der Waals surface area contributed by atoms with Gasteiger partial charge < -0.3 is 4.74 Å². The number of hydrogen-bond donors (Lipinski definition) is 0. The van der Waals surface area contributed by atoms with Gasteiger partial charge in [-0.15, -0.1) is 0 Å². The summed E-state index contributed by atoms with van der Waals surface area (Å²) in [6, 6.07) is 0. The average Bonchev–Trinajstić information content (AvgIpc) is 2.64. The van der Waals surface area contributed by atoms with Gasteiger partial charge in [0.1, 0.15) is 0 Å². The number of carbonyl (C=O) groups excluding carboxylic acids is 1. The number of esters is 1. The highest BCUT2D eigenvalue weighted by Gasteiger charge is 2.89. The largest absolute Gasteiger partial charge is 0.465 e. The SMILES string of the molecule is CCC(=O)OCCC(F)(F)C(F)(F)C(F)(F)C(F)(F)C(F)(F)CC(F)(F)C(F)(F)C(F)(F)C(F)(F)F. The summed E-state index contributed by atoms with van der Waals surface area (Å²) >= 11 is 0. The van der Waals surface area contributed by atoms with Crippen LogP contribution in [0.25, 0.3) is 0 Å². The Hall–Kier alpha value is -1.86. The maximum atomic E-state index is 13.6. The fourth-order valence-corrected chi connectivity index (χ4v) is 2.12. The van der Waals surface area contributed by atoms with Gasteiger partial charge in [0.05, 0.1) is 19.4 Å². The summed E-state index contributed by atoms with van der Waals surface area (Å²) in [5.41, 5.74) is 0. The maximum Gasteiger partial charge on any atom is 0.460 e. The molecule has 0 aliphatic rings. The van der Waals surface area contributed by atoms with Gasteiger partial charge in [-0.2, -0.15) is 83.4 Å². The van der Waals surface area contributed by atoms with Crippen LogP contribution in [0.4, 0.5) is 83.4 Å². The molecule has 0 atom stereocenters. The molecular weight excluding hydrogens is 573 g/mol. The molecule has 0 radical (unpaired) electrons. The maximum absolute atomic E-state index is 13.6. The summed E-state index contributed by atoms with van der Waals surface area (Å²) in [6.07, 6.45) is -16.1. The number of carbonyl (C=O) groups is 1. The van der Waals surface area contributed by atoms with E-state index in [-0.39, 0.29) is 0 Å². The van der Waals surface area contributed by atoms with Gasteiger partial charge in [0, 0.05) is 6.42 Å². The first kappa shape index (κ1) is 34.1. The molecule has 0 fully saturated rings. The zero-order chi connectivity index (χ0) is 29.6. The second-order valence-electron chi connectivity index (χ2n) is 6.98. The highest BCUT2D eigenvalue weighted by molar-refractivity contribution is 5.68. The summed E-state index contributed by atoms with van der Waals surface area (Å²) < 4.78 is 253. The van der Waals surface area contributed by atoms with E-state index < -0.39 is 85.4 Å². The van der Waals surface area contributed by atoms with Crippen LogP contribution in [0.3, 0.4) is 0 Å². The van der Waals surface area contributed by atoms with Crippen molar-refractivity contribution >= 4 is 5.97 Å². The first-order chi connectivity index (χ1) is 15.4. The van der Waals surface area contributed by atoms with Gasteiger partial charge in [0.2, 0.25) is 0 Å². The zero-order valence-electron chi connectivity index (χ0n) is 16.8. The summed E-state index contributed by atoms with van der Waals surface area (Å²) in [5.74, 6) is -63.3. The monoisotopic (exact) mass is 584 g/mol. The van der Waals surface area contributed by atoms with Crippen LogP contribution >= 0.6 is 0 Å². The Bertz CT molecular complexity index is 782. The molecule has 0 spiro atoms. The molecule has 216 valence electrons. The van der Waals surface area contributed by atoms with Gasteiger partial charge in [0.15, 0.2) is 0 Å². The van der Waals surface area contributed by atoms with E-state index in [2.05, 4.69) is 4.74 Å². The van der Waals surface area contributed by atoms with Gasteiger partial charge >= 0.3 is 59.5 Å². The molecule has 21 heteroatoms. The molecule has 0 amide bonds. The Kier molecular flexibility index (Phi) is 8.98. The normalized spacial score (nSPS) is 15.8. The smallest absolute Gasteiger partial charge is 0.460 e. The lowest BCUT2D eigenvalue weighted by Gasteiger charge is -2.41. The van der Waals surface area contributed by atoms with Gasteiger partial charge in [-0.3, -0.25) is 4.79 Å². The quantitative estimate of drug-likeness (QED) is 0.177. The lowest BCUT2D eigenvalue weighted by Crippen LogP contribution is -2.69. The molecule has 0 aromatic heterocycles. The van der Waals surface area contributed by atoms with Gasteiger partial charge in [0.25, 0.3) is 0 Å². The van der Waals surface area contributed by atoms with E-state index in [0.29, 0.717) is 0 Å². The van der Waals surface area contributed by atoms with Crippen LogP contribution in [0.2, 0.25) is 0 Å². The van der Waals surface area contributed by atoms with Gasteiger partial charge in [-0.1, -0.05) is 6.92 Å². The van der Waals surface area contributed by atoms with Crippen molar-refractivity contribution in [3.05, 3.63) is 0 Å². The summed E-state index contributed by atoms with van der Waals surface area (Å²) in [4.78, 5) is 10.7. The summed E-state index contributed by atoms with van der Waals surface area (Å²) in [5, 5.41) is 0. The predicted molar refractivity (Wildman–Crippen MR) is 76.1 cm³/mol. The second-order valence-corrected chi connectivity index (χ2v) is 6.98. The van der Waals surface area contributed by atoms with E-state index in [1.807, 2.05) is 0 Å². The Morgan fingerprint density at radius 1 is 0.528 bits per heavy atom. The van der Waals surface area contributed by atoms with Crippen LogP contribution in [0, 0.1) is 0 Å². The van der Waals surface area contributed by atoms with Crippen LogP contribution < -0.4 is 0 Å². The third-order valence-electron chi connectivity index (χ3n) is 4.33. The highest BCUT2D eigenvalue weighted by atomic mass is 19.4. The molecule has 0 aliphatic carbocycles. The minimum absolute atomic E-state index is 0.616. The van der Waals surface area contributed by atoms with E-state index in [1.165, 1.54) is 0 Å². The van der Waals surface area contributed by atoms with Crippen molar-refractivity contribution in [2.75, 3.05) is 6.61 Å². The Morgan fingerprint density at radius 3 is 1.19 bits per heavy atom. The van der Waals surface area contributed by atoms with E-state index in [9.17, 15) is 88.2 Å².